The molecule has 0 aromatic heterocycles. The predicted octanol–water partition coefficient (Wildman–Crippen LogP) is 2.99. The van der Waals surface area contributed by atoms with Crippen LogP contribution in [0.25, 0.3) is 0 Å². The maximum absolute atomic E-state index is 5.32. The Kier molecular flexibility index (Phi) is 2.35. The molecule has 0 fully saturated rings. The van der Waals surface area contributed by atoms with E-state index in [0.29, 0.717) is 0 Å². The maximum Gasteiger partial charge on any atom is 0.134 e. The average Bonchev–Trinajstić information content (AvgIpc) is 2.15. The van der Waals surface area contributed by atoms with E-state index in [1.54, 1.807) is 7.11 Å². The van der Waals surface area contributed by atoms with Crippen LogP contribution in [0.1, 0.15) is 13.8 Å². The van der Waals surface area contributed by atoms with E-state index >= 15 is 0 Å². The van der Waals surface area contributed by atoms with Crippen LogP contribution in [0.5, 0.6) is 5.75 Å². The molecule has 14 heavy (non-hydrogen) atoms. The lowest BCUT2D eigenvalue weighted by molar-refractivity contribution is 0.404. The Labute approximate surface area is 89.0 Å². The summed E-state index contributed by atoms with van der Waals surface area (Å²) in [6.45, 7) is 4.42. The molecule has 1 aromatic carbocycles. The van der Waals surface area contributed by atoms with Crippen molar-refractivity contribution in [1.29, 1.82) is 0 Å². The van der Waals surface area contributed by atoms with E-state index in [-0.39, 0.29) is 5.54 Å². The fourth-order valence-electron chi connectivity index (χ4n) is 1.58. The van der Waals surface area contributed by atoms with Crippen LogP contribution in [0, 0.1) is 0 Å². The van der Waals surface area contributed by atoms with Gasteiger partial charge in [0.2, 0.25) is 0 Å². The molecular weight excluding hydrogens is 194 g/mol. The first kappa shape index (κ1) is 9.71. The molecule has 2 nitrogen and oxygen atoms in total. The number of hydrogen-bond donors (Lipinski definition) is 1. The van der Waals surface area contributed by atoms with Crippen LogP contribution in [0.15, 0.2) is 23.1 Å². The summed E-state index contributed by atoms with van der Waals surface area (Å²) in [5.41, 5.74) is 1.36. The van der Waals surface area contributed by atoms with Crippen molar-refractivity contribution < 1.29 is 4.74 Å². The normalized spacial score (nSPS) is 18.2. The minimum atomic E-state index is 0.171. The summed E-state index contributed by atoms with van der Waals surface area (Å²) in [5, 5.41) is 3.51. The number of methoxy groups -OCH3 is 1. The smallest absolute Gasteiger partial charge is 0.134 e. The van der Waals surface area contributed by atoms with Gasteiger partial charge in [0.15, 0.2) is 0 Å². The number of nitrogens with one attached hydrogen (secondary N) is 1. The Hall–Kier alpha value is -0.830. The third kappa shape index (κ3) is 1.69. The number of fused-ring (bicyclic) bond motifs is 1. The number of thioether (sulfide) groups is 1. The van der Waals surface area contributed by atoms with Gasteiger partial charge in [-0.15, -0.1) is 11.8 Å². The molecule has 0 amide bonds. The second-order valence-electron chi connectivity index (χ2n) is 4.13. The second kappa shape index (κ2) is 3.39. The van der Waals surface area contributed by atoms with Crippen LogP contribution in [-0.4, -0.2) is 18.4 Å². The average molecular weight is 209 g/mol. The van der Waals surface area contributed by atoms with Crippen molar-refractivity contribution in [2.24, 2.45) is 0 Å². The molecule has 1 aliphatic rings. The Morgan fingerprint density at radius 3 is 2.93 bits per heavy atom. The zero-order chi connectivity index (χ0) is 10.2. The molecule has 1 aromatic rings. The van der Waals surface area contributed by atoms with Crippen LogP contribution in [0.2, 0.25) is 0 Å². The SMILES string of the molecule is COc1cccc2c1SCC(C)(C)N2. The fourth-order valence-corrected chi connectivity index (χ4v) is 2.72. The number of ether oxygens (including phenoxy) is 1. The summed E-state index contributed by atoms with van der Waals surface area (Å²) in [4.78, 5) is 1.23. The van der Waals surface area contributed by atoms with Gasteiger partial charge >= 0.3 is 0 Å². The van der Waals surface area contributed by atoms with E-state index in [4.69, 9.17) is 4.74 Å². The van der Waals surface area contributed by atoms with Gasteiger partial charge in [-0.05, 0) is 26.0 Å². The molecule has 1 aliphatic heterocycles. The molecule has 0 bridgehead atoms. The van der Waals surface area contributed by atoms with Gasteiger partial charge in [0, 0.05) is 11.3 Å². The van der Waals surface area contributed by atoms with Crippen molar-refractivity contribution in [1.82, 2.24) is 0 Å². The van der Waals surface area contributed by atoms with Gasteiger partial charge < -0.3 is 10.1 Å². The molecular formula is C11H15NOS. The minimum absolute atomic E-state index is 0.171. The zero-order valence-electron chi connectivity index (χ0n) is 8.76. The molecule has 3 heteroatoms. The molecule has 0 aliphatic carbocycles. The van der Waals surface area contributed by atoms with E-state index in [9.17, 15) is 0 Å². The lowest BCUT2D eigenvalue weighted by Crippen LogP contribution is -2.36. The van der Waals surface area contributed by atoms with Gasteiger partial charge in [-0.25, -0.2) is 0 Å². The maximum atomic E-state index is 5.32. The standard InChI is InChI=1S/C11H15NOS/c1-11(2)7-14-10-8(12-11)5-4-6-9(10)13-3/h4-6,12H,7H2,1-3H3. The number of benzene rings is 1. The molecule has 76 valence electrons. The van der Waals surface area contributed by atoms with Crippen LogP contribution >= 0.6 is 11.8 Å². The van der Waals surface area contributed by atoms with Crippen molar-refractivity contribution in [3.63, 3.8) is 0 Å². The molecule has 0 atom stereocenters. The molecule has 0 spiro atoms. The number of anilines is 1. The predicted molar refractivity (Wildman–Crippen MR) is 61.4 cm³/mol. The third-order valence-electron chi connectivity index (χ3n) is 2.25. The van der Waals surface area contributed by atoms with E-state index in [1.165, 1.54) is 10.6 Å². The summed E-state index contributed by atoms with van der Waals surface area (Å²) in [6, 6.07) is 6.13. The van der Waals surface area contributed by atoms with Gasteiger partial charge in [0.05, 0.1) is 17.7 Å². The highest BCUT2D eigenvalue weighted by Crippen LogP contribution is 2.42. The Morgan fingerprint density at radius 1 is 1.43 bits per heavy atom. The highest BCUT2D eigenvalue weighted by molar-refractivity contribution is 7.99. The molecule has 0 unspecified atom stereocenters. The van der Waals surface area contributed by atoms with Crippen molar-refractivity contribution in [2.75, 3.05) is 18.2 Å². The largest absolute Gasteiger partial charge is 0.496 e. The number of hydrogen-bond acceptors (Lipinski definition) is 3. The highest BCUT2D eigenvalue weighted by Gasteiger charge is 2.26. The molecule has 1 heterocycles. The first-order valence-corrected chi connectivity index (χ1v) is 5.69. The van der Waals surface area contributed by atoms with E-state index in [1.807, 2.05) is 23.9 Å². The summed E-state index contributed by atoms with van der Waals surface area (Å²) in [7, 11) is 1.72. The van der Waals surface area contributed by atoms with Crippen LogP contribution in [0.3, 0.4) is 0 Å². The van der Waals surface area contributed by atoms with Gasteiger partial charge in [-0.2, -0.15) is 0 Å². The van der Waals surface area contributed by atoms with Crippen molar-refractivity contribution in [3.8, 4) is 5.75 Å². The van der Waals surface area contributed by atoms with Gasteiger partial charge in [0.25, 0.3) is 0 Å². The van der Waals surface area contributed by atoms with Crippen molar-refractivity contribution in [3.05, 3.63) is 18.2 Å². The third-order valence-corrected chi connectivity index (χ3v) is 3.83. The molecule has 2 rings (SSSR count). The Balaban J connectivity index is 2.40. The highest BCUT2D eigenvalue weighted by atomic mass is 32.2. The van der Waals surface area contributed by atoms with Crippen molar-refractivity contribution >= 4 is 17.4 Å². The Bertz CT molecular complexity index is 349. The summed E-state index contributed by atoms with van der Waals surface area (Å²) in [6.07, 6.45) is 0. The van der Waals surface area contributed by atoms with Gasteiger partial charge in [-0.1, -0.05) is 6.07 Å². The van der Waals surface area contributed by atoms with Crippen LogP contribution in [0.4, 0.5) is 5.69 Å². The lowest BCUT2D eigenvalue weighted by Gasteiger charge is -2.33. The first-order valence-electron chi connectivity index (χ1n) is 4.70. The lowest BCUT2D eigenvalue weighted by atomic mass is 10.1. The van der Waals surface area contributed by atoms with Crippen molar-refractivity contribution in [2.45, 2.75) is 24.3 Å². The fraction of sp³-hybridized carbons (Fsp3) is 0.455. The van der Waals surface area contributed by atoms with Gasteiger partial charge in [0.1, 0.15) is 5.75 Å². The van der Waals surface area contributed by atoms with E-state index < -0.39 is 0 Å². The monoisotopic (exact) mass is 209 g/mol. The quantitative estimate of drug-likeness (QED) is 0.768. The molecule has 0 saturated carbocycles. The second-order valence-corrected chi connectivity index (χ2v) is 5.12. The molecule has 1 N–H and O–H groups in total. The van der Waals surface area contributed by atoms with Crippen LogP contribution in [-0.2, 0) is 0 Å². The first-order chi connectivity index (χ1) is 6.62. The molecule has 0 radical (unpaired) electrons. The molecule has 0 saturated heterocycles. The van der Waals surface area contributed by atoms with Crippen LogP contribution < -0.4 is 10.1 Å². The topological polar surface area (TPSA) is 21.3 Å². The van der Waals surface area contributed by atoms with E-state index in [0.717, 1.165) is 11.5 Å². The summed E-state index contributed by atoms with van der Waals surface area (Å²) >= 11 is 1.86. The summed E-state index contributed by atoms with van der Waals surface area (Å²) < 4.78 is 5.32. The Morgan fingerprint density at radius 2 is 2.21 bits per heavy atom. The van der Waals surface area contributed by atoms with E-state index in [2.05, 4.69) is 25.2 Å². The minimum Gasteiger partial charge on any atom is -0.496 e. The summed E-state index contributed by atoms with van der Waals surface area (Å²) in [5.74, 6) is 2.04. The van der Waals surface area contributed by atoms with Gasteiger partial charge in [-0.3, -0.25) is 0 Å². The zero-order valence-corrected chi connectivity index (χ0v) is 9.57. The number of rotatable bonds is 1.